The summed E-state index contributed by atoms with van der Waals surface area (Å²) in [7, 11) is 0. The molecule has 0 saturated carbocycles. The first kappa shape index (κ1) is 19.8. The number of benzene rings is 3. The fourth-order valence-electron chi connectivity index (χ4n) is 4.63. The van der Waals surface area contributed by atoms with E-state index in [0.717, 1.165) is 21.9 Å². The van der Waals surface area contributed by atoms with Crippen molar-refractivity contribution in [2.45, 2.75) is 18.9 Å². The van der Waals surface area contributed by atoms with Gasteiger partial charge in [0.05, 0.1) is 12.6 Å². The third-order valence-electron chi connectivity index (χ3n) is 6.47. The molecule has 2 N–H and O–H groups in total. The number of furan rings is 1. The van der Waals surface area contributed by atoms with Gasteiger partial charge in [-0.25, -0.2) is 0 Å². The maximum absolute atomic E-state index is 13.3. The lowest BCUT2D eigenvalue weighted by Gasteiger charge is -2.42. The van der Waals surface area contributed by atoms with Gasteiger partial charge in [-0.2, -0.15) is 0 Å². The Bertz CT molecular complexity index is 1210. The van der Waals surface area contributed by atoms with E-state index < -0.39 is 5.41 Å². The highest BCUT2D eigenvalue weighted by Gasteiger charge is 2.41. The molecule has 1 amide bonds. The lowest BCUT2D eigenvalue weighted by atomic mass is 9.71. The van der Waals surface area contributed by atoms with Gasteiger partial charge in [0, 0.05) is 35.0 Å². The first-order valence-corrected chi connectivity index (χ1v) is 10.7. The number of para-hydroxylation sites is 1. The van der Waals surface area contributed by atoms with Crippen molar-refractivity contribution in [2.75, 3.05) is 19.8 Å². The maximum Gasteiger partial charge on any atom is 0.251 e. The lowest BCUT2D eigenvalue weighted by Crippen LogP contribution is -2.46. The maximum atomic E-state index is 13.3. The molecule has 1 fully saturated rings. The molecule has 3 aromatic carbocycles. The zero-order valence-corrected chi connectivity index (χ0v) is 17.2. The molecular weight excluding hydrogens is 390 g/mol. The molecule has 1 aliphatic heterocycles. The number of nitrogens with one attached hydrogen (secondary N) is 1. The second kappa shape index (κ2) is 8.17. The molecule has 0 radical (unpaired) electrons. The Morgan fingerprint density at radius 3 is 2.42 bits per heavy atom. The number of fused-ring (bicyclic) bond motifs is 3. The van der Waals surface area contributed by atoms with Crippen molar-refractivity contribution in [3.05, 3.63) is 83.9 Å². The summed E-state index contributed by atoms with van der Waals surface area (Å²) in [5.41, 5.74) is 2.55. The molecule has 158 valence electrons. The van der Waals surface area contributed by atoms with Crippen molar-refractivity contribution < 1.29 is 19.1 Å². The minimum atomic E-state index is -0.460. The topological polar surface area (TPSA) is 71.7 Å². The number of rotatable bonds is 5. The van der Waals surface area contributed by atoms with Crippen LogP contribution in [0.15, 0.2) is 77.2 Å². The van der Waals surface area contributed by atoms with Crippen molar-refractivity contribution >= 4 is 27.8 Å². The molecule has 4 aromatic rings. The highest BCUT2D eigenvalue weighted by atomic mass is 16.5. The Labute approximate surface area is 180 Å². The van der Waals surface area contributed by atoms with Crippen molar-refractivity contribution in [3.63, 3.8) is 0 Å². The van der Waals surface area contributed by atoms with Gasteiger partial charge >= 0.3 is 0 Å². The van der Waals surface area contributed by atoms with Crippen LogP contribution in [-0.4, -0.2) is 30.8 Å². The molecule has 1 atom stereocenters. The van der Waals surface area contributed by atoms with Crippen LogP contribution in [0.3, 0.4) is 0 Å². The van der Waals surface area contributed by atoms with Gasteiger partial charge in [-0.3, -0.25) is 4.79 Å². The standard InChI is InChI=1S/C26H25NO4/c28-17-26(12-14-30-15-13-26)24(18-6-2-1-3-7-18)27-25(29)19-10-11-21-20-8-4-5-9-22(20)31-23(21)16-19/h1-11,16,24,28H,12-15,17H2,(H,27,29). The molecule has 5 heteroatoms. The molecule has 2 heterocycles. The van der Waals surface area contributed by atoms with Crippen molar-refractivity contribution in [2.24, 2.45) is 5.41 Å². The van der Waals surface area contributed by atoms with E-state index >= 15 is 0 Å². The van der Waals surface area contributed by atoms with Crippen molar-refractivity contribution in [3.8, 4) is 0 Å². The molecule has 31 heavy (non-hydrogen) atoms. The Kier molecular flexibility index (Phi) is 5.22. The van der Waals surface area contributed by atoms with Crippen LogP contribution < -0.4 is 5.32 Å². The van der Waals surface area contributed by atoms with Crippen LogP contribution in [-0.2, 0) is 4.74 Å². The fraction of sp³-hybridized carbons (Fsp3) is 0.269. The average Bonchev–Trinajstić information content (AvgIpc) is 3.21. The van der Waals surface area contributed by atoms with Crippen LogP contribution in [0.25, 0.3) is 21.9 Å². The van der Waals surface area contributed by atoms with Crippen LogP contribution in [0.1, 0.15) is 34.8 Å². The first-order chi connectivity index (χ1) is 15.2. The Morgan fingerprint density at radius 1 is 0.935 bits per heavy atom. The van der Waals surface area contributed by atoms with Crippen molar-refractivity contribution in [1.29, 1.82) is 0 Å². The number of ether oxygens (including phenoxy) is 1. The van der Waals surface area contributed by atoms with Crippen LogP contribution in [0.4, 0.5) is 0 Å². The number of aliphatic hydroxyl groups is 1. The molecule has 5 rings (SSSR count). The minimum Gasteiger partial charge on any atom is -0.456 e. The smallest absolute Gasteiger partial charge is 0.251 e. The highest BCUT2D eigenvalue weighted by molar-refractivity contribution is 6.07. The molecule has 0 aliphatic carbocycles. The summed E-state index contributed by atoms with van der Waals surface area (Å²) in [6, 6.07) is 23.0. The van der Waals surface area contributed by atoms with Gasteiger partial charge in [-0.05, 0) is 42.7 Å². The van der Waals surface area contributed by atoms with E-state index in [0.29, 0.717) is 37.2 Å². The third-order valence-corrected chi connectivity index (χ3v) is 6.47. The average molecular weight is 415 g/mol. The van der Waals surface area contributed by atoms with Gasteiger partial charge in [0.15, 0.2) is 0 Å². The van der Waals surface area contributed by atoms with Crippen LogP contribution in [0.5, 0.6) is 0 Å². The summed E-state index contributed by atoms with van der Waals surface area (Å²) in [6.45, 7) is 1.13. The molecule has 1 aromatic heterocycles. The van der Waals surface area contributed by atoms with Gasteiger partial charge in [0.2, 0.25) is 0 Å². The van der Waals surface area contributed by atoms with E-state index in [9.17, 15) is 9.90 Å². The minimum absolute atomic E-state index is 0.0151. The Hall–Kier alpha value is -3.15. The monoisotopic (exact) mass is 415 g/mol. The van der Waals surface area contributed by atoms with E-state index in [2.05, 4.69) is 5.32 Å². The summed E-state index contributed by atoms with van der Waals surface area (Å²) in [5, 5.41) is 15.6. The van der Waals surface area contributed by atoms with Crippen LogP contribution in [0.2, 0.25) is 0 Å². The van der Waals surface area contributed by atoms with Gasteiger partial charge in [0.1, 0.15) is 11.2 Å². The van der Waals surface area contributed by atoms with Gasteiger partial charge < -0.3 is 19.6 Å². The van der Waals surface area contributed by atoms with E-state index in [-0.39, 0.29) is 18.6 Å². The fourth-order valence-corrected chi connectivity index (χ4v) is 4.63. The second-order valence-electron chi connectivity index (χ2n) is 8.26. The Morgan fingerprint density at radius 2 is 1.65 bits per heavy atom. The summed E-state index contributed by atoms with van der Waals surface area (Å²) in [6.07, 6.45) is 1.37. The largest absolute Gasteiger partial charge is 0.456 e. The van der Waals surface area contributed by atoms with E-state index in [1.807, 2.05) is 66.7 Å². The van der Waals surface area contributed by atoms with Crippen molar-refractivity contribution in [1.82, 2.24) is 5.32 Å². The lowest BCUT2D eigenvalue weighted by molar-refractivity contribution is -0.0369. The molecule has 5 nitrogen and oxygen atoms in total. The molecule has 1 unspecified atom stereocenters. The first-order valence-electron chi connectivity index (χ1n) is 10.7. The van der Waals surface area contributed by atoms with Gasteiger partial charge in [-0.1, -0.05) is 48.5 Å². The van der Waals surface area contributed by atoms with E-state index in [1.54, 1.807) is 6.07 Å². The zero-order valence-electron chi connectivity index (χ0n) is 17.2. The summed E-state index contributed by atoms with van der Waals surface area (Å²) >= 11 is 0. The quantitative estimate of drug-likeness (QED) is 0.489. The zero-order chi connectivity index (χ0) is 21.3. The molecular formula is C26H25NO4. The third kappa shape index (κ3) is 3.60. The number of aliphatic hydroxyl groups excluding tert-OH is 1. The number of hydrogen-bond donors (Lipinski definition) is 2. The second-order valence-corrected chi connectivity index (χ2v) is 8.26. The summed E-state index contributed by atoms with van der Waals surface area (Å²) in [5.74, 6) is -0.185. The number of carbonyl (C=O) groups excluding carboxylic acids is 1. The molecule has 0 spiro atoms. The predicted octanol–water partition coefficient (Wildman–Crippen LogP) is 4.85. The number of carbonyl (C=O) groups is 1. The highest BCUT2D eigenvalue weighted by Crippen LogP contribution is 2.42. The Balaban J connectivity index is 1.50. The normalized spacial score (nSPS) is 16.9. The molecule has 0 bridgehead atoms. The van der Waals surface area contributed by atoms with E-state index in [1.165, 1.54) is 0 Å². The van der Waals surface area contributed by atoms with Crippen LogP contribution >= 0.6 is 0 Å². The SMILES string of the molecule is O=C(NC(c1ccccc1)C1(CO)CCOCC1)c1ccc2c(c1)oc1ccccc12. The number of amides is 1. The van der Waals surface area contributed by atoms with Crippen LogP contribution in [0, 0.1) is 5.41 Å². The summed E-state index contributed by atoms with van der Waals surface area (Å²) in [4.78, 5) is 13.3. The molecule has 1 aliphatic rings. The van der Waals surface area contributed by atoms with Gasteiger partial charge in [0.25, 0.3) is 5.91 Å². The predicted molar refractivity (Wildman–Crippen MR) is 120 cm³/mol. The summed E-state index contributed by atoms with van der Waals surface area (Å²) < 4.78 is 11.5. The number of hydrogen-bond acceptors (Lipinski definition) is 4. The van der Waals surface area contributed by atoms with Gasteiger partial charge in [-0.15, -0.1) is 0 Å². The van der Waals surface area contributed by atoms with E-state index in [4.69, 9.17) is 9.15 Å². The molecule has 1 saturated heterocycles.